The van der Waals surface area contributed by atoms with Crippen LogP contribution in [-0.4, -0.2) is 70.2 Å². The van der Waals surface area contributed by atoms with Gasteiger partial charge in [-0.15, -0.1) is 11.3 Å². The van der Waals surface area contributed by atoms with Gasteiger partial charge in [-0.1, -0.05) is 23.7 Å². The maximum Gasteiger partial charge on any atom is 0.339 e. The Kier molecular flexibility index (Phi) is 9.58. The molecule has 2 atom stereocenters. The molecule has 0 amide bonds. The average Bonchev–Trinajstić information content (AvgIpc) is 3.83. The molecule has 7 rings (SSSR count). The molecule has 2 aliphatic heterocycles. The minimum atomic E-state index is -0.914. The fourth-order valence-corrected chi connectivity index (χ4v) is 8.69. The number of thiazole rings is 1. The molecule has 2 saturated heterocycles. The van der Waals surface area contributed by atoms with Crippen molar-refractivity contribution in [1.82, 2.24) is 19.7 Å². The van der Waals surface area contributed by atoms with Crippen molar-refractivity contribution < 1.29 is 19.0 Å². The molecule has 10 heteroatoms. The number of esters is 1. The molecule has 0 aliphatic carbocycles. The molecule has 0 bridgehead atoms. The van der Waals surface area contributed by atoms with Gasteiger partial charge in [-0.3, -0.25) is 9.58 Å². The third-order valence-corrected chi connectivity index (χ3v) is 11.1. The predicted octanol–water partition coefficient (Wildman–Crippen LogP) is 8.87. The molecule has 0 unspecified atom stereocenters. The van der Waals surface area contributed by atoms with E-state index in [0.29, 0.717) is 17.0 Å². The zero-order valence-corrected chi connectivity index (χ0v) is 30.8. The minimum Gasteiger partial charge on any atom is -0.464 e. The van der Waals surface area contributed by atoms with Crippen molar-refractivity contribution in [1.29, 1.82) is 0 Å². The van der Waals surface area contributed by atoms with Gasteiger partial charge in [-0.25, -0.2) is 9.78 Å². The maximum absolute atomic E-state index is 13.6. The SMILES string of the molecule is CCOC(=O)[C@@H](OC(C)(C)C)c1c(C)cc2nc(-c3ccc4c(c3)c(C3CCN([C@H]5CCOC5)CC3)nn4C)sc2c1-c1ccc(Cl)cc1. The van der Waals surface area contributed by atoms with Gasteiger partial charge in [0.05, 0.1) is 40.2 Å². The smallest absolute Gasteiger partial charge is 0.339 e. The summed E-state index contributed by atoms with van der Waals surface area (Å²) in [5.41, 5.74) is 7.21. The standard InChI is InChI=1S/C39H45ClN4O4S/c1-7-47-38(45)35(48-39(3,4)5)32-23(2)20-30-36(33(32)24-8-11-27(40)12-9-24)49-37(41-30)26-10-13-31-29(21-26)34(42-43(31)6)25-14-17-44(18-15-25)28-16-19-46-22-28/h8-13,20-21,25,28,35H,7,14-19,22H2,1-6H3/t28-,35-/m0/s1. The maximum atomic E-state index is 13.6. The third-order valence-electron chi connectivity index (χ3n) is 9.76. The monoisotopic (exact) mass is 700 g/mol. The Morgan fingerprint density at radius 1 is 1.08 bits per heavy atom. The summed E-state index contributed by atoms with van der Waals surface area (Å²) in [6.07, 6.45) is 2.41. The average molecular weight is 701 g/mol. The van der Waals surface area contributed by atoms with Gasteiger partial charge in [0.2, 0.25) is 0 Å². The molecule has 0 spiro atoms. The van der Waals surface area contributed by atoms with Gasteiger partial charge in [0.1, 0.15) is 5.01 Å². The zero-order valence-electron chi connectivity index (χ0n) is 29.2. The highest BCUT2D eigenvalue weighted by molar-refractivity contribution is 7.22. The quantitative estimate of drug-likeness (QED) is 0.150. The molecule has 2 aliphatic rings. The molecule has 8 nitrogen and oxygen atoms in total. The number of hydrogen-bond donors (Lipinski definition) is 0. The van der Waals surface area contributed by atoms with E-state index in [-0.39, 0.29) is 6.61 Å². The summed E-state index contributed by atoms with van der Waals surface area (Å²) in [6.45, 7) is 13.9. The van der Waals surface area contributed by atoms with Crippen molar-refractivity contribution in [3.63, 3.8) is 0 Å². The van der Waals surface area contributed by atoms with Crippen LogP contribution in [0.4, 0.5) is 0 Å². The predicted molar refractivity (Wildman–Crippen MR) is 197 cm³/mol. The van der Waals surface area contributed by atoms with Crippen LogP contribution in [0.15, 0.2) is 48.5 Å². The van der Waals surface area contributed by atoms with Crippen LogP contribution >= 0.6 is 22.9 Å². The van der Waals surface area contributed by atoms with Gasteiger partial charge in [-0.2, -0.15) is 5.10 Å². The second-order valence-electron chi connectivity index (χ2n) is 14.3. The van der Waals surface area contributed by atoms with Gasteiger partial charge >= 0.3 is 5.97 Å². The number of benzene rings is 3. The zero-order chi connectivity index (χ0) is 34.4. The normalized spacial score (nSPS) is 18.5. The van der Waals surface area contributed by atoms with Crippen molar-refractivity contribution in [2.24, 2.45) is 7.05 Å². The van der Waals surface area contributed by atoms with Crippen molar-refractivity contribution >= 4 is 50.0 Å². The van der Waals surface area contributed by atoms with Crippen molar-refractivity contribution in [3.05, 3.63) is 70.4 Å². The summed E-state index contributed by atoms with van der Waals surface area (Å²) < 4.78 is 20.7. The molecular formula is C39H45ClN4O4S. The summed E-state index contributed by atoms with van der Waals surface area (Å²) in [5, 5.41) is 7.82. The largest absolute Gasteiger partial charge is 0.464 e. The second-order valence-corrected chi connectivity index (χ2v) is 15.7. The number of carbonyl (C=O) groups excluding carboxylic acids is 1. The second kappa shape index (κ2) is 13.8. The highest BCUT2D eigenvalue weighted by atomic mass is 35.5. The minimum absolute atomic E-state index is 0.262. The Bertz CT molecular complexity index is 1980. The van der Waals surface area contributed by atoms with E-state index in [1.165, 1.54) is 11.1 Å². The molecule has 2 aromatic heterocycles. The molecule has 4 heterocycles. The van der Waals surface area contributed by atoms with Crippen LogP contribution in [0.3, 0.4) is 0 Å². The van der Waals surface area contributed by atoms with Gasteiger partial charge < -0.3 is 14.2 Å². The molecule has 3 aromatic carbocycles. The first-order valence-electron chi connectivity index (χ1n) is 17.3. The molecular weight excluding hydrogens is 656 g/mol. The molecule has 49 heavy (non-hydrogen) atoms. The summed E-state index contributed by atoms with van der Waals surface area (Å²) in [6, 6.07) is 17.0. The van der Waals surface area contributed by atoms with E-state index in [4.69, 9.17) is 35.9 Å². The van der Waals surface area contributed by atoms with Crippen LogP contribution in [0.5, 0.6) is 0 Å². The van der Waals surface area contributed by atoms with Crippen LogP contribution in [-0.2, 0) is 26.1 Å². The Labute approximate surface area is 297 Å². The number of hydrogen-bond acceptors (Lipinski definition) is 8. The topological polar surface area (TPSA) is 78.7 Å². The first-order chi connectivity index (χ1) is 23.5. The van der Waals surface area contributed by atoms with Crippen LogP contribution in [0.1, 0.15) is 75.8 Å². The summed E-state index contributed by atoms with van der Waals surface area (Å²) in [7, 11) is 2.04. The van der Waals surface area contributed by atoms with Gasteiger partial charge in [-0.05, 0) is 114 Å². The van der Waals surface area contributed by atoms with Gasteiger partial charge in [0.25, 0.3) is 0 Å². The number of likely N-dealkylation sites (tertiary alicyclic amines) is 1. The highest BCUT2D eigenvalue weighted by Crippen LogP contribution is 2.45. The van der Waals surface area contributed by atoms with Crippen LogP contribution in [0.25, 0.3) is 42.8 Å². The van der Waals surface area contributed by atoms with Crippen molar-refractivity contribution in [2.75, 3.05) is 32.9 Å². The van der Waals surface area contributed by atoms with Gasteiger partial charge in [0, 0.05) is 52.7 Å². The molecule has 5 aromatic rings. The number of piperidine rings is 1. The fraction of sp³-hybridized carbons (Fsp3) is 0.462. The number of nitrogens with zero attached hydrogens (tertiary/aromatic N) is 4. The molecule has 258 valence electrons. The lowest BCUT2D eigenvalue weighted by molar-refractivity contribution is -0.166. The van der Waals surface area contributed by atoms with E-state index in [9.17, 15) is 4.79 Å². The highest BCUT2D eigenvalue weighted by Gasteiger charge is 2.34. The first-order valence-corrected chi connectivity index (χ1v) is 18.5. The van der Waals surface area contributed by atoms with Crippen LogP contribution < -0.4 is 0 Å². The fourth-order valence-electron chi connectivity index (χ4n) is 7.45. The van der Waals surface area contributed by atoms with E-state index in [1.54, 1.807) is 11.3 Å². The van der Waals surface area contributed by atoms with Crippen LogP contribution in [0.2, 0.25) is 5.02 Å². The number of aromatic nitrogens is 3. The number of halogens is 1. The lowest BCUT2D eigenvalue weighted by Crippen LogP contribution is -2.41. The number of aryl methyl sites for hydroxylation is 2. The lowest BCUT2D eigenvalue weighted by Gasteiger charge is -2.34. The number of carbonyl (C=O) groups is 1. The van der Waals surface area contributed by atoms with E-state index in [2.05, 4.69) is 29.2 Å². The molecule has 0 saturated carbocycles. The van der Waals surface area contributed by atoms with Crippen molar-refractivity contribution in [2.45, 2.75) is 77.5 Å². The Morgan fingerprint density at radius 2 is 1.82 bits per heavy atom. The van der Waals surface area contributed by atoms with E-state index in [0.717, 1.165) is 94.1 Å². The lowest BCUT2D eigenvalue weighted by atomic mass is 9.90. The van der Waals surface area contributed by atoms with E-state index >= 15 is 0 Å². The number of rotatable bonds is 8. The number of ether oxygens (including phenoxy) is 3. The molecule has 0 radical (unpaired) electrons. The Hall–Kier alpha value is -3.34. The Morgan fingerprint density at radius 3 is 2.49 bits per heavy atom. The van der Waals surface area contributed by atoms with E-state index in [1.807, 2.05) is 70.6 Å². The summed E-state index contributed by atoms with van der Waals surface area (Å²) in [5.74, 6) is 0.00836. The molecule has 0 N–H and O–H groups in total. The molecule has 2 fully saturated rings. The van der Waals surface area contributed by atoms with Gasteiger partial charge in [0.15, 0.2) is 6.10 Å². The van der Waals surface area contributed by atoms with Crippen LogP contribution in [0, 0.1) is 6.92 Å². The Balaban J connectivity index is 1.32. The van der Waals surface area contributed by atoms with E-state index < -0.39 is 17.7 Å². The number of fused-ring (bicyclic) bond motifs is 2. The first kappa shape index (κ1) is 34.1. The third kappa shape index (κ3) is 6.88. The summed E-state index contributed by atoms with van der Waals surface area (Å²) >= 11 is 7.98. The summed E-state index contributed by atoms with van der Waals surface area (Å²) in [4.78, 5) is 21.4. The van der Waals surface area contributed by atoms with Crippen molar-refractivity contribution in [3.8, 4) is 21.7 Å².